The van der Waals surface area contributed by atoms with Crippen LogP contribution in [0.25, 0.3) is 22.1 Å². The lowest BCUT2D eigenvalue weighted by molar-refractivity contribution is -0.161. The van der Waals surface area contributed by atoms with Gasteiger partial charge in [-0.25, -0.2) is 15.0 Å². The van der Waals surface area contributed by atoms with Crippen LogP contribution in [0, 0.1) is 11.3 Å². The summed E-state index contributed by atoms with van der Waals surface area (Å²) in [6.45, 7) is 3.99. The van der Waals surface area contributed by atoms with Crippen molar-refractivity contribution in [2.24, 2.45) is 11.3 Å². The van der Waals surface area contributed by atoms with Gasteiger partial charge < -0.3 is 25.5 Å². The molecular weight excluding hydrogens is 466 g/mol. The average molecular weight is 492 g/mol. The average Bonchev–Trinajstić information content (AvgIpc) is 3.07. The Balaban J connectivity index is 1.21. The van der Waals surface area contributed by atoms with Crippen LogP contribution in [0.3, 0.4) is 0 Å². The van der Waals surface area contributed by atoms with Crippen LogP contribution in [0.2, 0.25) is 5.02 Å². The highest BCUT2D eigenvalue weighted by Gasteiger charge is 2.75. The number of nitrogen functional groups attached to an aromatic ring is 2. The minimum Gasteiger partial charge on any atom is -0.383 e. The highest BCUT2D eigenvalue weighted by molar-refractivity contribution is 6.33. The molecule has 7 rings (SSSR count). The Hall–Kier alpha value is -3.01. The van der Waals surface area contributed by atoms with E-state index in [9.17, 15) is 0 Å². The number of aryl methyl sites for hydroxylation is 1. The number of rotatable bonds is 4. The van der Waals surface area contributed by atoms with Crippen molar-refractivity contribution in [3.05, 3.63) is 47.5 Å². The molecule has 35 heavy (non-hydrogen) atoms. The number of hydrogen-bond acceptors (Lipinski definition) is 8. The fourth-order valence-corrected chi connectivity index (χ4v) is 6.61. The zero-order chi connectivity index (χ0) is 24.1. The summed E-state index contributed by atoms with van der Waals surface area (Å²) in [5.41, 5.74) is 15.5. The van der Waals surface area contributed by atoms with Crippen LogP contribution in [0.5, 0.6) is 0 Å². The number of nitrogens with two attached hydrogens (primary N) is 2. The monoisotopic (exact) mass is 491 g/mol. The summed E-state index contributed by atoms with van der Waals surface area (Å²) in [5.74, 6) is 0.619. The van der Waals surface area contributed by atoms with Gasteiger partial charge in [-0.15, -0.1) is 0 Å². The third-order valence-corrected chi connectivity index (χ3v) is 8.37. The van der Waals surface area contributed by atoms with Crippen molar-refractivity contribution in [2.75, 3.05) is 11.5 Å². The molecule has 0 bridgehead atoms. The van der Waals surface area contributed by atoms with Gasteiger partial charge in [0.15, 0.2) is 5.79 Å². The van der Waals surface area contributed by atoms with E-state index in [2.05, 4.69) is 36.8 Å². The first kappa shape index (κ1) is 21.3. The van der Waals surface area contributed by atoms with Crippen LogP contribution in [0.4, 0.5) is 11.6 Å². The summed E-state index contributed by atoms with van der Waals surface area (Å²) in [6.07, 6.45) is 8.39. The van der Waals surface area contributed by atoms with E-state index in [1.807, 2.05) is 26.1 Å². The van der Waals surface area contributed by atoms with Crippen molar-refractivity contribution in [1.82, 2.24) is 24.5 Å². The van der Waals surface area contributed by atoms with Gasteiger partial charge in [-0.3, -0.25) is 4.98 Å². The maximum atomic E-state index is 6.53. The number of halogens is 1. The van der Waals surface area contributed by atoms with Gasteiger partial charge in [-0.2, -0.15) is 0 Å². The summed E-state index contributed by atoms with van der Waals surface area (Å²) in [7, 11) is 0. The molecule has 2 saturated carbocycles. The fourth-order valence-electron chi connectivity index (χ4n) is 6.46. The number of aromatic nitrogens is 5. The van der Waals surface area contributed by atoms with Crippen molar-refractivity contribution in [3.8, 4) is 0 Å². The molecule has 4 N–H and O–H groups in total. The number of ether oxygens (including phenoxy) is 2. The normalized spacial score (nSPS) is 30.6. The third kappa shape index (κ3) is 3.08. The minimum atomic E-state index is -0.629. The molecule has 0 radical (unpaired) electrons. The summed E-state index contributed by atoms with van der Waals surface area (Å²) < 4.78 is 15.2. The Kier molecular flexibility index (Phi) is 4.27. The first-order valence-electron chi connectivity index (χ1n) is 11.9. The van der Waals surface area contributed by atoms with Crippen LogP contribution in [0.1, 0.15) is 38.3 Å². The molecule has 5 atom stereocenters. The lowest BCUT2D eigenvalue weighted by atomic mass is 9.91. The number of pyridine rings is 2. The molecular formula is C25H26ClN7O2. The van der Waals surface area contributed by atoms with Crippen molar-refractivity contribution in [1.29, 1.82) is 0 Å². The third-order valence-electron chi connectivity index (χ3n) is 8.07. The summed E-state index contributed by atoms with van der Waals surface area (Å²) in [5, 5.41) is 1.29. The largest absolute Gasteiger partial charge is 0.383 e. The van der Waals surface area contributed by atoms with Crippen LogP contribution < -0.4 is 11.5 Å². The molecule has 0 aromatic carbocycles. The van der Waals surface area contributed by atoms with Crippen LogP contribution in [-0.4, -0.2) is 42.5 Å². The molecule has 1 aliphatic heterocycles. The summed E-state index contributed by atoms with van der Waals surface area (Å²) >= 11 is 6.10. The Bertz CT molecular complexity index is 1500. The van der Waals surface area contributed by atoms with Gasteiger partial charge in [-0.05, 0) is 62.8 Å². The lowest BCUT2D eigenvalue weighted by Crippen LogP contribution is -2.32. The Morgan fingerprint density at radius 2 is 1.97 bits per heavy atom. The van der Waals surface area contributed by atoms with Gasteiger partial charge in [-0.1, -0.05) is 11.6 Å². The van der Waals surface area contributed by atoms with E-state index in [1.165, 1.54) is 6.33 Å². The number of hydrogen-bond donors (Lipinski definition) is 2. The van der Waals surface area contributed by atoms with E-state index in [0.29, 0.717) is 22.6 Å². The van der Waals surface area contributed by atoms with Crippen LogP contribution in [-0.2, 0) is 15.9 Å². The molecule has 0 spiro atoms. The topological polar surface area (TPSA) is 127 Å². The van der Waals surface area contributed by atoms with E-state index in [0.717, 1.165) is 46.9 Å². The van der Waals surface area contributed by atoms with Crippen LogP contribution in [0.15, 0.2) is 36.9 Å². The van der Waals surface area contributed by atoms with Crippen molar-refractivity contribution < 1.29 is 9.47 Å². The molecule has 3 fully saturated rings. The smallest absolute Gasteiger partial charge is 0.163 e. The summed E-state index contributed by atoms with van der Waals surface area (Å²) in [4.78, 5) is 17.7. The standard InChI is InChI=1S/C25H26ClN7O2/c1-24(2)34-19-18(33-6-4-13-21(27)30-11-31-23(13)33)14-9-25(14,20(19)35-24)5-3-12-7-17-16(29-10-12)8-15(26)22(28)32-17/h4,6-8,10-11,14,18-20H,3,5,9H2,1-2H3,(H2,28,32)(H2,27,30,31)/t14-,18-,19+,20+,25+/m1/s1. The van der Waals surface area contributed by atoms with Gasteiger partial charge in [0.05, 0.1) is 33.6 Å². The van der Waals surface area contributed by atoms with Crippen molar-refractivity contribution in [3.63, 3.8) is 0 Å². The van der Waals surface area contributed by atoms with Crippen molar-refractivity contribution in [2.45, 2.75) is 57.1 Å². The number of nitrogens with zero attached hydrogens (tertiary/aromatic N) is 5. The molecule has 5 heterocycles. The molecule has 4 aromatic heterocycles. The van der Waals surface area contributed by atoms with E-state index in [4.69, 9.17) is 32.5 Å². The highest BCUT2D eigenvalue weighted by atomic mass is 35.5. The van der Waals surface area contributed by atoms with Gasteiger partial charge in [0.1, 0.15) is 29.7 Å². The molecule has 3 aliphatic rings. The Labute approximate surface area is 206 Å². The fraction of sp³-hybridized carbons (Fsp3) is 0.440. The van der Waals surface area contributed by atoms with E-state index < -0.39 is 5.79 Å². The Morgan fingerprint density at radius 3 is 2.83 bits per heavy atom. The maximum Gasteiger partial charge on any atom is 0.163 e. The van der Waals surface area contributed by atoms with E-state index in [1.54, 1.807) is 6.07 Å². The SMILES string of the molecule is CC1(C)O[C@H]2[C@H](n3ccc4c(N)ncnc43)[C@H]3C[C@]3(CCc3cnc4cc(Cl)c(N)nc4c3)[C@H]2O1. The first-order chi connectivity index (χ1) is 16.8. The quantitative estimate of drug-likeness (QED) is 0.440. The predicted octanol–water partition coefficient (Wildman–Crippen LogP) is 3.91. The zero-order valence-electron chi connectivity index (χ0n) is 19.5. The first-order valence-corrected chi connectivity index (χ1v) is 12.3. The lowest BCUT2D eigenvalue weighted by Gasteiger charge is -2.24. The van der Waals surface area contributed by atoms with Crippen molar-refractivity contribution >= 4 is 45.3 Å². The number of fused-ring (bicyclic) bond motifs is 5. The summed E-state index contributed by atoms with van der Waals surface area (Å²) in [6, 6.07) is 5.94. The zero-order valence-corrected chi connectivity index (χ0v) is 20.2. The molecule has 0 amide bonds. The van der Waals surface area contributed by atoms with Gasteiger partial charge in [0.25, 0.3) is 0 Å². The minimum absolute atomic E-state index is 0.0186. The van der Waals surface area contributed by atoms with Gasteiger partial charge in [0, 0.05) is 17.8 Å². The molecule has 180 valence electrons. The van der Waals surface area contributed by atoms with Gasteiger partial charge >= 0.3 is 0 Å². The molecule has 4 aromatic rings. The second-order valence-electron chi connectivity index (χ2n) is 10.5. The second kappa shape index (κ2) is 7.02. The maximum absolute atomic E-state index is 6.53. The molecule has 9 nitrogen and oxygen atoms in total. The van der Waals surface area contributed by atoms with Gasteiger partial charge in [0.2, 0.25) is 0 Å². The van der Waals surface area contributed by atoms with Crippen LogP contribution >= 0.6 is 11.6 Å². The molecule has 10 heteroatoms. The Morgan fingerprint density at radius 1 is 1.11 bits per heavy atom. The van der Waals surface area contributed by atoms with E-state index in [-0.39, 0.29) is 23.7 Å². The molecule has 0 unspecified atom stereocenters. The molecule has 1 saturated heterocycles. The van der Waals surface area contributed by atoms with E-state index >= 15 is 0 Å². The number of anilines is 2. The second-order valence-corrected chi connectivity index (χ2v) is 10.9. The predicted molar refractivity (Wildman–Crippen MR) is 133 cm³/mol. The highest BCUT2D eigenvalue weighted by Crippen LogP contribution is 2.73. The molecule has 2 aliphatic carbocycles.